The highest BCUT2D eigenvalue weighted by Crippen LogP contribution is 2.20. The van der Waals surface area contributed by atoms with Crippen molar-refractivity contribution < 1.29 is 0 Å². The summed E-state index contributed by atoms with van der Waals surface area (Å²) >= 11 is 0. The smallest absolute Gasteiger partial charge is 0.0827 e. The molecule has 0 aliphatic rings. The molecule has 0 saturated heterocycles. The van der Waals surface area contributed by atoms with Gasteiger partial charge in [0.05, 0.1) is 17.1 Å². The Morgan fingerprint density at radius 3 is 2.25 bits per heavy atom. The van der Waals surface area contributed by atoms with E-state index in [4.69, 9.17) is 0 Å². The van der Waals surface area contributed by atoms with E-state index in [0.717, 1.165) is 11.6 Å². The Morgan fingerprint density at radius 2 is 1.81 bits per heavy atom. The Balaban J connectivity index is 2.59. The minimum Gasteiger partial charge on any atom is -0.380 e. The highest BCUT2D eigenvalue weighted by atomic mass is 15.3. The van der Waals surface area contributed by atoms with Crippen molar-refractivity contribution in [2.75, 3.05) is 5.32 Å². The first-order chi connectivity index (χ1) is 7.41. The maximum atomic E-state index is 4.41. The summed E-state index contributed by atoms with van der Waals surface area (Å²) in [4.78, 5) is 0. The fourth-order valence-corrected chi connectivity index (χ4v) is 1.88. The van der Waals surface area contributed by atoms with Gasteiger partial charge in [0.1, 0.15) is 0 Å². The second-order valence-corrected chi connectivity index (χ2v) is 5.19. The molecule has 1 N–H and O–H groups in total. The van der Waals surface area contributed by atoms with E-state index < -0.39 is 0 Å². The lowest BCUT2D eigenvalue weighted by atomic mass is 10.0. The maximum absolute atomic E-state index is 4.41. The predicted octanol–water partition coefficient (Wildman–Crippen LogP) is 3.27. The topological polar surface area (TPSA) is 29.9 Å². The second-order valence-electron chi connectivity index (χ2n) is 5.19. The van der Waals surface area contributed by atoms with Crippen LogP contribution in [-0.2, 0) is 7.05 Å². The van der Waals surface area contributed by atoms with Gasteiger partial charge in [0, 0.05) is 13.1 Å². The normalized spacial score (nSPS) is 13.2. The summed E-state index contributed by atoms with van der Waals surface area (Å²) in [6, 6.07) is 0.518. The van der Waals surface area contributed by atoms with Crippen LogP contribution in [0.4, 0.5) is 5.69 Å². The predicted molar refractivity (Wildman–Crippen MR) is 69.8 cm³/mol. The van der Waals surface area contributed by atoms with E-state index in [1.165, 1.54) is 24.2 Å². The largest absolute Gasteiger partial charge is 0.380 e. The van der Waals surface area contributed by atoms with Gasteiger partial charge in [-0.05, 0) is 39.5 Å². The van der Waals surface area contributed by atoms with Crippen LogP contribution in [0.1, 0.15) is 45.0 Å². The fourth-order valence-electron chi connectivity index (χ4n) is 1.88. The molecule has 1 rings (SSSR count). The molecule has 0 spiro atoms. The number of nitrogens with one attached hydrogen (secondary N) is 1. The Kier molecular flexibility index (Phi) is 4.39. The number of anilines is 1. The van der Waals surface area contributed by atoms with E-state index in [1.807, 2.05) is 11.7 Å². The lowest BCUT2D eigenvalue weighted by Crippen LogP contribution is -2.16. The van der Waals surface area contributed by atoms with E-state index in [0.29, 0.717) is 6.04 Å². The summed E-state index contributed by atoms with van der Waals surface area (Å²) in [7, 11) is 1.99. The number of hydrogen-bond acceptors (Lipinski definition) is 2. The van der Waals surface area contributed by atoms with Crippen molar-refractivity contribution in [2.45, 2.75) is 53.5 Å². The molecule has 0 aromatic carbocycles. The summed E-state index contributed by atoms with van der Waals surface area (Å²) in [5.74, 6) is 0.778. The average Bonchev–Trinajstić information content (AvgIpc) is 2.42. The van der Waals surface area contributed by atoms with E-state index >= 15 is 0 Å². The Labute approximate surface area is 99.2 Å². The van der Waals surface area contributed by atoms with Gasteiger partial charge >= 0.3 is 0 Å². The van der Waals surface area contributed by atoms with Gasteiger partial charge in [-0.15, -0.1) is 0 Å². The van der Waals surface area contributed by atoms with E-state index in [1.54, 1.807) is 0 Å². The molecule has 1 atom stereocenters. The standard InChI is InChI=1S/C13H25N3/c1-9(2)7-8-10(3)14-13-11(4)15-16(6)12(13)5/h9-10,14H,7-8H2,1-6H3. The first kappa shape index (κ1) is 13.1. The molecule has 0 amide bonds. The third-order valence-corrected chi connectivity index (χ3v) is 3.08. The number of hydrogen-bond donors (Lipinski definition) is 1. The van der Waals surface area contributed by atoms with Crippen LogP contribution < -0.4 is 5.32 Å². The zero-order valence-corrected chi connectivity index (χ0v) is 11.5. The van der Waals surface area contributed by atoms with Gasteiger partial charge in [0.15, 0.2) is 0 Å². The third-order valence-electron chi connectivity index (χ3n) is 3.08. The van der Waals surface area contributed by atoms with Crippen LogP contribution in [0.15, 0.2) is 0 Å². The molecule has 1 unspecified atom stereocenters. The first-order valence-electron chi connectivity index (χ1n) is 6.18. The lowest BCUT2D eigenvalue weighted by Gasteiger charge is -2.16. The van der Waals surface area contributed by atoms with Gasteiger partial charge in [0.2, 0.25) is 0 Å². The SMILES string of the molecule is Cc1nn(C)c(C)c1NC(C)CCC(C)C. The number of rotatable bonds is 5. The van der Waals surface area contributed by atoms with Crippen molar-refractivity contribution in [1.29, 1.82) is 0 Å². The van der Waals surface area contributed by atoms with Crippen LogP contribution in [0.25, 0.3) is 0 Å². The molecule has 0 aliphatic carbocycles. The van der Waals surface area contributed by atoms with Crippen LogP contribution in [0, 0.1) is 19.8 Å². The Bertz CT molecular complexity index is 339. The molecule has 0 radical (unpaired) electrons. The molecule has 16 heavy (non-hydrogen) atoms. The van der Waals surface area contributed by atoms with E-state index in [9.17, 15) is 0 Å². The van der Waals surface area contributed by atoms with Crippen LogP contribution >= 0.6 is 0 Å². The quantitative estimate of drug-likeness (QED) is 0.830. The van der Waals surface area contributed by atoms with E-state index in [2.05, 4.69) is 45.0 Å². The molecule has 1 aromatic rings. The summed E-state index contributed by atoms with van der Waals surface area (Å²) in [6.07, 6.45) is 2.48. The second kappa shape index (κ2) is 5.37. The van der Waals surface area contributed by atoms with Crippen molar-refractivity contribution in [3.63, 3.8) is 0 Å². The maximum Gasteiger partial charge on any atom is 0.0827 e. The molecule has 0 aliphatic heterocycles. The molecular weight excluding hydrogens is 198 g/mol. The minimum absolute atomic E-state index is 0.518. The fraction of sp³-hybridized carbons (Fsp3) is 0.769. The zero-order valence-electron chi connectivity index (χ0n) is 11.5. The number of aromatic nitrogens is 2. The molecule has 1 heterocycles. The third kappa shape index (κ3) is 3.26. The summed E-state index contributed by atoms with van der Waals surface area (Å²) in [5, 5.41) is 7.98. The van der Waals surface area contributed by atoms with Gasteiger partial charge in [0.25, 0.3) is 0 Å². The Hall–Kier alpha value is -0.990. The minimum atomic E-state index is 0.518. The van der Waals surface area contributed by atoms with Gasteiger partial charge in [-0.3, -0.25) is 4.68 Å². The molecule has 0 fully saturated rings. The van der Waals surface area contributed by atoms with Gasteiger partial charge in [-0.2, -0.15) is 5.10 Å². The summed E-state index contributed by atoms with van der Waals surface area (Å²) in [5.41, 5.74) is 3.52. The molecule has 3 nitrogen and oxygen atoms in total. The molecule has 1 aromatic heterocycles. The van der Waals surface area contributed by atoms with Crippen LogP contribution in [-0.4, -0.2) is 15.8 Å². The van der Waals surface area contributed by atoms with Crippen molar-refractivity contribution in [3.8, 4) is 0 Å². The van der Waals surface area contributed by atoms with Crippen molar-refractivity contribution in [2.24, 2.45) is 13.0 Å². The van der Waals surface area contributed by atoms with Gasteiger partial charge in [-0.1, -0.05) is 13.8 Å². The highest BCUT2D eigenvalue weighted by molar-refractivity contribution is 5.52. The molecule has 0 bridgehead atoms. The van der Waals surface area contributed by atoms with Crippen LogP contribution in [0.2, 0.25) is 0 Å². The van der Waals surface area contributed by atoms with Crippen LogP contribution in [0.3, 0.4) is 0 Å². The molecule has 0 saturated carbocycles. The molecule has 92 valence electrons. The van der Waals surface area contributed by atoms with Crippen molar-refractivity contribution in [3.05, 3.63) is 11.4 Å². The Morgan fingerprint density at radius 1 is 1.19 bits per heavy atom. The van der Waals surface area contributed by atoms with Crippen molar-refractivity contribution >= 4 is 5.69 Å². The van der Waals surface area contributed by atoms with Gasteiger partial charge in [-0.25, -0.2) is 0 Å². The zero-order chi connectivity index (χ0) is 12.3. The number of aryl methyl sites for hydroxylation is 2. The highest BCUT2D eigenvalue weighted by Gasteiger charge is 2.11. The van der Waals surface area contributed by atoms with E-state index in [-0.39, 0.29) is 0 Å². The van der Waals surface area contributed by atoms with Crippen molar-refractivity contribution in [1.82, 2.24) is 9.78 Å². The average molecular weight is 223 g/mol. The summed E-state index contributed by atoms with van der Waals surface area (Å²) in [6.45, 7) is 11.0. The molecule has 3 heteroatoms. The monoisotopic (exact) mass is 223 g/mol. The van der Waals surface area contributed by atoms with Crippen LogP contribution in [0.5, 0.6) is 0 Å². The van der Waals surface area contributed by atoms with Gasteiger partial charge < -0.3 is 5.32 Å². The summed E-state index contributed by atoms with van der Waals surface area (Å²) < 4.78 is 1.94. The first-order valence-corrected chi connectivity index (χ1v) is 6.18. The lowest BCUT2D eigenvalue weighted by molar-refractivity contribution is 0.527. The molecular formula is C13H25N3. The number of nitrogens with zero attached hydrogens (tertiary/aromatic N) is 2.